The normalized spacial score (nSPS) is 23.4. The number of nitrogens with one attached hydrogen (secondary N) is 1. The molecule has 3 rings (SSSR count). The average molecular weight is 247 g/mol. The highest BCUT2D eigenvalue weighted by Gasteiger charge is 2.19. The first kappa shape index (κ1) is 11.8. The summed E-state index contributed by atoms with van der Waals surface area (Å²) in [6.07, 6.45) is 4.67. The molecule has 1 fully saturated rings. The van der Waals surface area contributed by atoms with Crippen LogP contribution in [-0.4, -0.2) is 26.3 Å². The van der Waals surface area contributed by atoms with Crippen LogP contribution in [0.4, 0.5) is 0 Å². The average Bonchev–Trinajstić information content (AvgIpc) is 2.66. The molecule has 0 radical (unpaired) electrons. The smallest absolute Gasteiger partial charge is 0.164 e. The van der Waals surface area contributed by atoms with Crippen molar-refractivity contribution in [2.45, 2.75) is 25.7 Å². The zero-order valence-corrected chi connectivity index (χ0v) is 10.8. The Hall–Kier alpha value is -1.22. The predicted molar refractivity (Wildman–Crippen MR) is 71.3 cm³/mol. The molecule has 1 aromatic rings. The van der Waals surface area contributed by atoms with Crippen LogP contribution in [0.2, 0.25) is 0 Å². The Balaban J connectivity index is 1.78. The number of para-hydroxylation sites is 1. The van der Waals surface area contributed by atoms with Crippen LogP contribution < -0.4 is 14.8 Å². The molecule has 1 unspecified atom stereocenters. The van der Waals surface area contributed by atoms with Crippen LogP contribution in [0.5, 0.6) is 11.5 Å². The first-order valence-electron chi connectivity index (χ1n) is 7.02. The van der Waals surface area contributed by atoms with Crippen LogP contribution in [0, 0.1) is 5.92 Å². The van der Waals surface area contributed by atoms with Crippen LogP contribution >= 0.6 is 0 Å². The summed E-state index contributed by atoms with van der Waals surface area (Å²) in [4.78, 5) is 0. The first-order chi connectivity index (χ1) is 8.93. The van der Waals surface area contributed by atoms with E-state index in [9.17, 15) is 0 Å². The van der Waals surface area contributed by atoms with Crippen LogP contribution in [-0.2, 0) is 6.42 Å². The van der Waals surface area contributed by atoms with Gasteiger partial charge < -0.3 is 14.8 Å². The Kier molecular flexibility index (Phi) is 3.69. The quantitative estimate of drug-likeness (QED) is 0.870. The van der Waals surface area contributed by atoms with Crippen molar-refractivity contribution in [3.05, 3.63) is 23.8 Å². The number of ether oxygens (including phenoxy) is 2. The zero-order valence-electron chi connectivity index (χ0n) is 10.8. The van der Waals surface area contributed by atoms with Gasteiger partial charge in [-0.05, 0) is 49.9 Å². The van der Waals surface area contributed by atoms with Crippen LogP contribution in [0.1, 0.15) is 24.8 Å². The molecule has 2 aliphatic rings. The van der Waals surface area contributed by atoms with Gasteiger partial charge in [-0.2, -0.15) is 0 Å². The molecule has 1 aromatic carbocycles. The molecule has 0 spiro atoms. The van der Waals surface area contributed by atoms with E-state index in [0.29, 0.717) is 0 Å². The molecular formula is C15H21NO2. The molecule has 0 amide bonds. The first-order valence-corrected chi connectivity index (χ1v) is 7.02. The number of benzene rings is 1. The second-order valence-corrected chi connectivity index (χ2v) is 5.21. The molecule has 0 bridgehead atoms. The lowest BCUT2D eigenvalue weighted by Crippen LogP contribution is -2.30. The summed E-state index contributed by atoms with van der Waals surface area (Å²) in [6.45, 7) is 3.84. The fraction of sp³-hybridized carbons (Fsp3) is 0.600. The van der Waals surface area contributed by atoms with Crippen molar-refractivity contribution < 1.29 is 9.47 Å². The minimum atomic E-state index is 0.733. The molecule has 3 heteroatoms. The van der Waals surface area contributed by atoms with Gasteiger partial charge in [-0.15, -0.1) is 0 Å². The van der Waals surface area contributed by atoms with Crippen LogP contribution in [0.3, 0.4) is 0 Å². The lowest BCUT2D eigenvalue weighted by atomic mass is 9.92. The van der Waals surface area contributed by atoms with Gasteiger partial charge in [-0.25, -0.2) is 0 Å². The molecule has 3 nitrogen and oxygen atoms in total. The minimum absolute atomic E-state index is 0.733. The van der Waals surface area contributed by atoms with Crippen molar-refractivity contribution in [3.8, 4) is 11.5 Å². The lowest BCUT2D eigenvalue weighted by molar-refractivity contribution is 0.295. The van der Waals surface area contributed by atoms with Gasteiger partial charge in [0.05, 0.1) is 13.2 Å². The number of hydrogen-bond acceptors (Lipinski definition) is 3. The van der Waals surface area contributed by atoms with Crippen molar-refractivity contribution in [3.63, 3.8) is 0 Å². The summed E-state index contributed by atoms with van der Waals surface area (Å²) in [5.74, 6) is 2.64. The third-order valence-electron chi connectivity index (χ3n) is 3.76. The molecule has 1 saturated heterocycles. The second-order valence-electron chi connectivity index (χ2n) is 5.21. The topological polar surface area (TPSA) is 30.5 Å². The Morgan fingerprint density at radius 2 is 2.11 bits per heavy atom. The highest BCUT2D eigenvalue weighted by Crippen LogP contribution is 2.35. The van der Waals surface area contributed by atoms with E-state index in [1.807, 2.05) is 6.07 Å². The monoisotopic (exact) mass is 247 g/mol. The Morgan fingerprint density at radius 3 is 3.00 bits per heavy atom. The fourth-order valence-corrected chi connectivity index (χ4v) is 2.82. The standard InChI is InChI=1S/C15H21NO2/c1-5-13(10-12-4-2-7-16-11-12)15-14(6-1)17-8-3-9-18-15/h1,5-6,12,16H,2-4,7-11H2. The van der Waals surface area contributed by atoms with E-state index >= 15 is 0 Å². The number of hydrogen-bond donors (Lipinski definition) is 1. The largest absolute Gasteiger partial charge is 0.490 e. The molecule has 0 saturated carbocycles. The van der Waals surface area contributed by atoms with E-state index in [0.717, 1.165) is 50.0 Å². The molecule has 0 aromatic heterocycles. The van der Waals surface area contributed by atoms with Gasteiger partial charge in [0.2, 0.25) is 0 Å². The van der Waals surface area contributed by atoms with Gasteiger partial charge in [0, 0.05) is 6.42 Å². The van der Waals surface area contributed by atoms with Crippen molar-refractivity contribution in [2.24, 2.45) is 5.92 Å². The van der Waals surface area contributed by atoms with E-state index in [-0.39, 0.29) is 0 Å². The molecule has 2 aliphatic heterocycles. The third-order valence-corrected chi connectivity index (χ3v) is 3.76. The van der Waals surface area contributed by atoms with E-state index in [2.05, 4.69) is 17.4 Å². The summed E-state index contributed by atoms with van der Waals surface area (Å²) >= 11 is 0. The van der Waals surface area contributed by atoms with Gasteiger partial charge in [0.25, 0.3) is 0 Å². The Labute approximate surface area is 108 Å². The summed E-state index contributed by atoms with van der Waals surface area (Å²) in [6, 6.07) is 6.28. The molecule has 18 heavy (non-hydrogen) atoms. The molecule has 98 valence electrons. The summed E-state index contributed by atoms with van der Waals surface area (Å²) in [5, 5.41) is 3.48. The van der Waals surface area contributed by atoms with Crippen molar-refractivity contribution in [1.29, 1.82) is 0 Å². The SMILES string of the molecule is c1cc(CC2CCCNC2)c2c(c1)OCCCO2. The van der Waals surface area contributed by atoms with E-state index in [1.54, 1.807) is 0 Å². The maximum Gasteiger partial charge on any atom is 0.164 e. The Bertz CT molecular complexity index is 399. The van der Waals surface area contributed by atoms with Gasteiger partial charge in [-0.3, -0.25) is 0 Å². The van der Waals surface area contributed by atoms with E-state index < -0.39 is 0 Å². The van der Waals surface area contributed by atoms with Crippen LogP contribution in [0.25, 0.3) is 0 Å². The van der Waals surface area contributed by atoms with Gasteiger partial charge in [0.1, 0.15) is 0 Å². The zero-order chi connectivity index (χ0) is 12.2. The lowest BCUT2D eigenvalue weighted by Gasteiger charge is -2.23. The summed E-state index contributed by atoms with van der Waals surface area (Å²) in [5.41, 5.74) is 1.31. The van der Waals surface area contributed by atoms with E-state index in [1.165, 1.54) is 24.9 Å². The fourth-order valence-electron chi connectivity index (χ4n) is 2.82. The second kappa shape index (κ2) is 5.61. The maximum absolute atomic E-state index is 5.88. The molecule has 1 N–H and O–H groups in total. The van der Waals surface area contributed by atoms with Gasteiger partial charge in [-0.1, -0.05) is 12.1 Å². The van der Waals surface area contributed by atoms with E-state index in [4.69, 9.17) is 9.47 Å². The Morgan fingerprint density at radius 1 is 1.17 bits per heavy atom. The molecule has 0 aliphatic carbocycles. The molecular weight excluding hydrogens is 226 g/mol. The number of rotatable bonds is 2. The van der Waals surface area contributed by atoms with Crippen molar-refractivity contribution in [1.82, 2.24) is 5.32 Å². The third kappa shape index (κ3) is 2.61. The number of piperidine rings is 1. The summed E-state index contributed by atoms with van der Waals surface area (Å²) < 4.78 is 11.6. The van der Waals surface area contributed by atoms with Gasteiger partial charge >= 0.3 is 0 Å². The highest BCUT2D eigenvalue weighted by molar-refractivity contribution is 5.47. The highest BCUT2D eigenvalue weighted by atomic mass is 16.5. The van der Waals surface area contributed by atoms with Crippen molar-refractivity contribution >= 4 is 0 Å². The maximum atomic E-state index is 5.88. The summed E-state index contributed by atoms with van der Waals surface area (Å²) in [7, 11) is 0. The minimum Gasteiger partial charge on any atom is -0.490 e. The van der Waals surface area contributed by atoms with Crippen molar-refractivity contribution in [2.75, 3.05) is 26.3 Å². The van der Waals surface area contributed by atoms with Gasteiger partial charge in [0.15, 0.2) is 11.5 Å². The molecule has 2 heterocycles. The van der Waals surface area contributed by atoms with Crippen LogP contribution in [0.15, 0.2) is 18.2 Å². The number of fused-ring (bicyclic) bond motifs is 1. The molecule has 1 atom stereocenters. The predicted octanol–water partition coefficient (Wildman–Crippen LogP) is 2.39.